The average molecular weight is 531 g/mol. The van der Waals surface area contributed by atoms with Crippen molar-refractivity contribution in [1.82, 2.24) is 10.3 Å². The van der Waals surface area contributed by atoms with E-state index in [0.717, 1.165) is 49.8 Å². The Kier molecular flexibility index (Phi) is 6.62. The van der Waals surface area contributed by atoms with E-state index < -0.39 is 18.1 Å². The van der Waals surface area contributed by atoms with E-state index in [1.165, 1.54) is 6.07 Å². The van der Waals surface area contributed by atoms with Gasteiger partial charge in [-0.3, -0.25) is 4.79 Å². The third kappa shape index (κ3) is 4.97. The topological polar surface area (TPSA) is 108 Å². The molecular formula is C33H26N2O5. The predicted octanol–water partition coefficient (Wildman–Crippen LogP) is 5.73. The van der Waals surface area contributed by atoms with Crippen LogP contribution in [0, 0.1) is 0 Å². The number of pyridine rings is 1. The monoisotopic (exact) mass is 530 g/mol. The number of carbonyl (C=O) groups excluding carboxylic acids is 1. The van der Waals surface area contributed by atoms with Crippen LogP contribution in [0.2, 0.25) is 0 Å². The summed E-state index contributed by atoms with van der Waals surface area (Å²) in [7, 11) is 0. The summed E-state index contributed by atoms with van der Waals surface area (Å²) in [6.45, 7) is 0.112. The Balaban J connectivity index is 1.11. The lowest BCUT2D eigenvalue weighted by Gasteiger charge is -2.17. The highest BCUT2D eigenvalue weighted by atomic mass is 16.5. The molecule has 198 valence electrons. The predicted molar refractivity (Wildman–Crippen MR) is 153 cm³/mol. The van der Waals surface area contributed by atoms with Gasteiger partial charge >= 0.3 is 12.1 Å². The van der Waals surface area contributed by atoms with Gasteiger partial charge in [0.05, 0.1) is 0 Å². The molecule has 5 aromatic rings. The SMILES string of the molecule is O=C(N[C@@H](Cc1ccc(-c2ccc3[nH]c(=O)ccc3c2)cc1)C(=O)O)OCC1c2ccccc2-c2ccccc21. The number of hydrogen-bond donors (Lipinski definition) is 3. The van der Waals surface area contributed by atoms with E-state index in [1.54, 1.807) is 6.07 Å². The number of aromatic amines is 1. The Morgan fingerprint density at radius 2 is 1.48 bits per heavy atom. The first kappa shape index (κ1) is 25.1. The summed E-state index contributed by atoms with van der Waals surface area (Å²) in [5.41, 5.74) is 7.72. The largest absolute Gasteiger partial charge is 0.480 e. The Bertz CT molecular complexity index is 1750. The van der Waals surface area contributed by atoms with Crippen molar-refractivity contribution in [2.24, 2.45) is 0 Å². The molecule has 1 atom stereocenters. The summed E-state index contributed by atoms with van der Waals surface area (Å²) in [5, 5.41) is 13.2. The van der Waals surface area contributed by atoms with Gasteiger partial charge < -0.3 is 20.1 Å². The maximum atomic E-state index is 12.7. The average Bonchev–Trinajstić information content (AvgIpc) is 3.29. The number of aliphatic carboxylic acids is 1. The van der Waals surface area contributed by atoms with E-state index in [4.69, 9.17) is 4.74 Å². The van der Waals surface area contributed by atoms with E-state index in [-0.39, 0.29) is 24.5 Å². The van der Waals surface area contributed by atoms with Crippen LogP contribution < -0.4 is 10.9 Å². The zero-order valence-corrected chi connectivity index (χ0v) is 21.5. The number of amides is 1. The van der Waals surface area contributed by atoms with Gasteiger partial charge in [-0.05, 0) is 62.5 Å². The van der Waals surface area contributed by atoms with Gasteiger partial charge in [-0.1, -0.05) is 78.9 Å². The van der Waals surface area contributed by atoms with Crippen molar-refractivity contribution in [3.05, 3.63) is 130 Å². The van der Waals surface area contributed by atoms with Crippen LogP contribution in [0.25, 0.3) is 33.2 Å². The van der Waals surface area contributed by atoms with E-state index in [2.05, 4.69) is 22.4 Å². The fraction of sp³-hybridized carbons (Fsp3) is 0.121. The lowest BCUT2D eigenvalue weighted by atomic mass is 9.98. The molecule has 0 bridgehead atoms. The number of rotatable bonds is 7. The molecule has 7 nitrogen and oxygen atoms in total. The molecule has 1 heterocycles. The minimum Gasteiger partial charge on any atom is -0.480 e. The van der Waals surface area contributed by atoms with Crippen molar-refractivity contribution in [2.75, 3.05) is 6.61 Å². The number of carboxylic acids is 1. The van der Waals surface area contributed by atoms with Crippen molar-refractivity contribution in [3.8, 4) is 22.3 Å². The molecular weight excluding hydrogens is 504 g/mol. The molecule has 7 heteroatoms. The second-order valence-electron chi connectivity index (χ2n) is 9.89. The van der Waals surface area contributed by atoms with Crippen LogP contribution in [-0.2, 0) is 16.0 Å². The maximum Gasteiger partial charge on any atom is 0.407 e. The minimum absolute atomic E-state index is 0.107. The van der Waals surface area contributed by atoms with Gasteiger partial charge in [0.2, 0.25) is 5.56 Å². The van der Waals surface area contributed by atoms with Crippen LogP contribution in [0.5, 0.6) is 0 Å². The standard InChI is InChI=1S/C33H26N2O5/c36-31-16-14-23-18-22(13-15-29(23)34-31)21-11-9-20(10-12-21)17-30(32(37)38)35-33(39)40-19-28-26-7-3-1-5-24(26)25-6-2-4-8-27(25)28/h1-16,18,28,30H,17,19H2,(H,34,36)(H,35,39)(H,37,38)/t30-/m0/s1. The van der Waals surface area contributed by atoms with Gasteiger partial charge in [0.25, 0.3) is 0 Å². The number of aromatic nitrogens is 1. The number of benzene rings is 4. The third-order valence-electron chi connectivity index (χ3n) is 7.38. The first-order chi connectivity index (χ1) is 19.5. The fourth-order valence-corrected chi connectivity index (χ4v) is 5.39. The molecule has 6 rings (SSSR count). The number of nitrogens with one attached hydrogen (secondary N) is 2. The molecule has 1 aliphatic carbocycles. The normalized spacial score (nSPS) is 12.9. The molecule has 1 aliphatic rings. The van der Waals surface area contributed by atoms with Crippen LogP contribution in [-0.4, -0.2) is 34.8 Å². The second kappa shape index (κ2) is 10.5. The molecule has 0 radical (unpaired) electrons. The molecule has 0 saturated heterocycles. The molecule has 0 saturated carbocycles. The third-order valence-corrected chi connectivity index (χ3v) is 7.38. The van der Waals surface area contributed by atoms with Crippen LogP contribution in [0.15, 0.2) is 108 Å². The van der Waals surface area contributed by atoms with Crippen molar-refractivity contribution < 1.29 is 19.4 Å². The number of carboxylic acid groups (broad SMARTS) is 1. The maximum absolute atomic E-state index is 12.7. The Labute approximate surface area is 230 Å². The van der Waals surface area contributed by atoms with Gasteiger partial charge in [0.1, 0.15) is 12.6 Å². The molecule has 40 heavy (non-hydrogen) atoms. The summed E-state index contributed by atoms with van der Waals surface area (Å²) in [6.07, 6.45) is -0.654. The highest BCUT2D eigenvalue weighted by molar-refractivity contribution is 5.84. The summed E-state index contributed by atoms with van der Waals surface area (Å²) in [4.78, 5) is 39.0. The molecule has 1 aromatic heterocycles. The number of hydrogen-bond acceptors (Lipinski definition) is 4. The van der Waals surface area contributed by atoms with E-state index in [9.17, 15) is 19.5 Å². The first-order valence-electron chi connectivity index (χ1n) is 13.0. The Morgan fingerprint density at radius 1 is 0.825 bits per heavy atom. The zero-order chi connectivity index (χ0) is 27.6. The van der Waals surface area contributed by atoms with Crippen LogP contribution in [0.1, 0.15) is 22.6 Å². The van der Waals surface area contributed by atoms with Gasteiger partial charge in [0.15, 0.2) is 0 Å². The summed E-state index contributed by atoms with van der Waals surface area (Å²) < 4.78 is 5.54. The van der Waals surface area contributed by atoms with Gasteiger partial charge in [-0.15, -0.1) is 0 Å². The minimum atomic E-state index is -1.14. The van der Waals surface area contributed by atoms with Crippen LogP contribution in [0.3, 0.4) is 0 Å². The van der Waals surface area contributed by atoms with Crippen molar-refractivity contribution in [3.63, 3.8) is 0 Å². The molecule has 1 amide bonds. The summed E-state index contributed by atoms with van der Waals surface area (Å²) in [6, 6.07) is 31.5. The molecule has 0 unspecified atom stereocenters. The molecule has 3 N–H and O–H groups in total. The lowest BCUT2D eigenvalue weighted by molar-refractivity contribution is -0.139. The zero-order valence-electron chi connectivity index (χ0n) is 21.5. The highest BCUT2D eigenvalue weighted by Gasteiger charge is 2.29. The smallest absolute Gasteiger partial charge is 0.407 e. The molecule has 0 spiro atoms. The number of alkyl carbamates (subject to hydrolysis) is 1. The number of carbonyl (C=O) groups is 2. The summed E-state index contributed by atoms with van der Waals surface area (Å²) in [5.74, 6) is -1.24. The van der Waals surface area contributed by atoms with E-state index in [1.807, 2.05) is 78.9 Å². The Hall–Kier alpha value is -5.17. The van der Waals surface area contributed by atoms with Gasteiger partial charge in [0, 0.05) is 23.9 Å². The van der Waals surface area contributed by atoms with Crippen LogP contribution >= 0.6 is 0 Å². The molecule has 0 fully saturated rings. The fourth-order valence-electron chi connectivity index (χ4n) is 5.39. The Morgan fingerprint density at radius 3 is 2.15 bits per heavy atom. The number of H-pyrrole nitrogens is 1. The second-order valence-corrected chi connectivity index (χ2v) is 9.89. The van der Waals surface area contributed by atoms with Crippen molar-refractivity contribution in [1.29, 1.82) is 0 Å². The highest BCUT2D eigenvalue weighted by Crippen LogP contribution is 2.44. The van der Waals surface area contributed by atoms with Gasteiger partial charge in [-0.25, -0.2) is 9.59 Å². The molecule has 4 aromatic carbocycles. The quantitative estimate of drug-likeness (QED) is 0.249. The number of ether oxygens (including phenoxy) is 1. The van der Waals surface area contributed by atoms with Crippen molar-refractivity contribution in [2.45, 2.75) is 18.4 Å². The lowest BCUT2D eigenvalue weighted by Crippen LogP contribution is -2.42. The molecule has 0 aliphatic heterocycles. The van der Waals surface area contributed by atoms with Crippen LogP contribution in [0.4, 0.5) is 4.79 Å². The van der Waals surface area contributed by atoms with E-state index >= 15 is 0 Å². The van der Waals surface area contributed by atoms with Crippen molar-refractivity contribution >= 4 is 23.0 Å². The number of fused-ring (bicyclic) bond motifs is 4. The van der Waals surface area contributed by atoms with E-state index in [0.29, 0.717) is 0 Å². The summed E-state index contributed by atoms with van der Waals surface area (Å²) >= 11 is 0. The first-order valence-corrected chi connectivity index (χ1v) is 13.0. The van der Waals surface area contributed by atoms with Gasteiger partial charge in [-0.2, -0.15) is 0 Å².